The highest BCUT2D eigenvalue weighted by molar-refractivity contribution is 7.90. The second-order valence-corrected chi connectivity index (χ2v) is 15.8. The Morgan fingerprint density at radius 1 is 0.762 bits per heavy atom. The molecule has 0 radical (unpaired) electrons. The second kappa shape index (κ2) is 25.2. The number of carbonyl (C=O) groups is 1. The molecular formula is C26H55N3O10S3. The molecule has 1 amide bonds. The number of amides is 1. The maximum atomic E-state index is 10.9. The summed E-state index contributed by atoms with van der Waals surface area (Å²) in [5.74, 6) is -0.248. The molecule has 0 heterocycles. The van der Waals surface area contributed by atoms with E-state index in [1.165, 1.54) is 57.6 Å². The molecule has 2 aliphatic carbocycles. The van der Waals surface area contributed by atoms with E-state index in [-0.39, 0.29) is 24.0 Å². The normalized spacial score (nSPS) is 16.4. The Labute approximate surface area is 254 Å². The Morgan fingerprint density at radius 3 is 1.55 bits per heavy atom. The van der Waals surface area contributed by atoms with Crippen LogP contribution in [-0.4, -0.2) is 107 Å². The summed E-state index contributed by atoms with van der Waals surface area (Å²) in [7, 11) is -10.2. The molecule has 6 N–H and O–H groups in total. The minimum atomic E-state index is -3.79. The zero-order valence-corrected chi connectivity index (χ0v) is 27.7. The summed E-state index contributed by atoms with van der Waals surface area (Å²) in [5, 5.41) is 17.1. The van der Waals surface area contributed by atoms with Crippen LogP contribution in [0, 0.1) is 0 Å². The first-order chi connectivity index (χ1) is 19.5. The van der Waals surface area contributed by atoms with Gasteiger partial charge in [0.25, 0.3) is 20.2 Å². The molecule has 2 fully saturated rings. The first kappa shape index (κ1) is 43.0. The molecule has 0 aromatic carbocycles. The number of hydrogen-bond donors (Lipinski definition) is 6. The van der Waals surface area contributed by atoms with Crippen LogP contribution in [0.3, 0.4) is 0 Å². The van der Waals surface area contributed by atoms with E-state index in [2.05, 4.69) is 22.5 Å². The Hall–Kier alpha value is -1.14. The predicted octanol–water partition coefficient (Wildman–Crippen LogP) is 1.71. The summed E-state index contributed by atoms with van der Waals surface area (Å²) >= 11 is 0. The molecule has 0 spiro atoms. The molecule has 2 saturated carbocycles. The van der Waals surface area contributed by atoms with Gasteiger partial charge in [0.1, 0.15) is 9.84 Å². The molecule has 0 unspecified atom stereocenters. The maximum absolute atomic E-state index is 10.9. The van der Waals surface area contributed by atoms with Gasteiger partial charge in [-0.3, -0.25) is 13.9 Å². The minimum absolute atomic E-state index is 0.0282. The van der Waals surface area contributed by atoms with E-state index in [1.54, 1.807) is 6.92 Å². The molecule has 252 valence electrons. The van der Waals surface area contributed by atoms with Gasteiger partial charge in [0.15, 0.2) is 0 Å². The van der Waals surface area contributed by atoms with Crippen molar-refractivity contribution in [3.8, 4) is 0 Å². The Balaban J connectivity index is 0. The predicted molar refractivity (Wildman–Crippen MR) is 167 cm³/mol. The number of aliphatic hydroxyl groups excluding tert-OH is 1. The van der Waals surface area contributed by atoms with Crippen molar-refractivity contribution < 1.29 is 44.3 Å². The number of hydrogen-bond acceptors (Lipinski definition) is 10. The Bertz CT molecular complexity index is 1010. The molecule has 0 aromatic heterocycles. The summed E-state index contributed by atoms with van der Waals surface area (Å²) in [5.41, 5.74) is 0. The van der Waals surface area contributed by atoms with E-state index in [1.807, 2.05) is 0 Å². The van der Waals surface area contributed by atoms with Crippen molar-refractivity contribution in [1.82, 2.24) is 16.0 Å². The lowest BCUT2D eigenvalue weighted by atomic mass is 9.95. The van der Waals surface area contributed by atoms with Crippen LogP contribution in [0.4, 0.5) is 0 Å². The monoisotopic (exact) mass is 665 g/mol. The van der Waals surface area contributed by atoms with E-state index < -0.39 is 30.1 Å². The molecule has 0 aliphatic heterocycles. The molecular weight excluding hydrogens is 610 g/mol. The van der Waals surface area contributed by atoms with Crippen LogP contribution in [0.5, 0.6) is 0 Å². The van der Waals surface area contributed by atoms with Gasteiger partial charge in [0.2, 0.25) is 5.91 Å². The van der Waals surface area contributed by atoms with Crippen molar-refractivity contribution in [2.45, 2.75) is 96.1 Å². The number of sulfone groups is 1. The van der Waals surface area contributed by atoms with Crippen molar-refractivity contribution in [2.75, 3.05) is 49.8 Å². The first-order valence-electron chi connectivity index (χ1n) is 14.6. The minimum Gasteiger partial charge on any atom is -0.395 e. The van der Waals surface area contributed by atoms with E-state index in [0.29, 0.717) is 37.3 Å². The zero-order chi connectivity index (χ0) is 32.5. The van der Waals surface area contributed by atoms with Gasteiger partial charge >= 0.3 is 0 Å². The molecule has 0 bridgehead atoms. The van der Waals surface area contributed by atoms with Crippen LogP contribution in [0.1, 0.15) is 84.0 Å². The maximum Gasteiger partial charge on any atom is 0.266 e. The van der Waals surface area contributed by atoms with Gasteiger partial charge in [-0.1, -0.05) is 52.0 Å². The number of carbonyl (C=O) groups excluding carboxylic acids is 1. The quantitative estimate of drug-likeness (QED) is 0.0888. The molecule has 0 aromatic rings. The van der Waals surface area contributed by atoms with Gasteiger partial charge in [-0.15, -0.1) is 0 Å². The summed E-state index contributed by atoms with van der Waals surface area (Å²) < 4.78 is 78.5. The zero-order valence-electron chi connectivity index (χ0n) is 25.3. The molecule has 42 heavy (non-hydrogen) atoms. The highest BCUT2D eigenvalue weighted by Gasteiger charge is 2.14. The van der Waals surface area contributed by atoms with Crippen LogP contribution in [0.25, 0.3) is 0 Å². The highest BCUT2D eigenvalue weighted by atomic mass is 32.2. The van der Waals surface area contributed by atoms with Crippen LogP contribution in [-0.2, 0) is 34.9 Å². The summed E-state index contributed by atoms with van der Waals surface area (Å²) in [6, 6.07) is 1.10. The van der Waals surface area contributed by atoms with Crippen LogP contribution in [0.15, 0.2) is 12.7 Å². The van der Waals surface area contributed by atoms with Crippen LogP contribution < -0.4 is 16.0 Å². The Morgan fingerprint density at radius 2 is 1.21 bits per heavy atom. The van der Waals surface area contributed by atoms with Gasteiger partial charge in [-0.2, -0.15) is 16.8 Å². The first-order valence-corrected chi connectivity index (χ1v) is 19.9. The molecule has 2 aliphatic rings. The summed E-state index contributed by atoms with van der Waals surface area (Å²) in [6.07, 6.45) is 16.2. The van der Waals surface area contributed by atoms with E-state index in [4.69, 9.17) is 14.2 Å². The lowest BCUT2D eigenvalue weighted by Gasteiger charge is -2.22. The average molecular weight is 666 g/mol. The number of nitrogens with one attached hydrogen (secondary N) is 3. The summed E-state index contributed by atoms with van der Waals surface area (Å²) in [4.78, 5) is 10.2. The number of rotatable bonds is 14. The Kier molecular flexibility index (Phi) is 25.8. The standard InChI is InChI=1S/C10H21NO2S.C8H17NO3S.C5H9NO2.C3H8O3S/c1-14(12,13)9-5-8-11-10-6-3-2-4-7-10;10-13(11,12)7-6-9-8-4-2-1-3-5-8;1-2-5(8)6-3-4-7;1-2-3-7(4,5)6/h10-11H,2-9H2,1H3;8-9H,1-7H2,(H,10,11,12);2,7H,1,3-4H2,(H,6,8);2-3H2,1H3,(H,4,5,6). The van der Waals surface area contributed by atoms with Crippen molar-refractivity contribution in [3.05, 3.63) is 12.7 Å². The molecule has 16 heteroatoms. The molecule has 13 nitrogen and oxygen atoms in total. The molecule has 2 rings (SSSR count). The third-order valence-corrected chi connectivity index (χ3v) is 8.86. The summed E-state index contributed by atoms with van der Waals surface area (Å²) in [6.45, 7) is 6.39. The average Bonchev–Trinajstić information content (AvgIpc) is 2.90. The van der Waals surface area contributed by atoms with Crippen LogP contribution >= 0.6 is 0 Å². The van der Waals surface area contributed by atoms with E-state index in [0.717, 1.165) is 31.9 Å². The molecule has 0 saturated heterocycles. The fourth-order valence-electron chi connectivity index (χ4n) is 4.16. The SMILES string of the molecule is C=CC(=O)NCCO.CCCS(=O)(=O)O.CS(=O)(=O)CCCNC1CCCCC1.O=S(=O)(O)CCNC1CCCCC1. The lowest BCUT2D eigenvalue weighted by Crippen LogP contribution is -2.34. The lowest BCUT2D eigenvalue weighted by molar-refractivity contribution is -0.116. The topological polar surface area (TPSA) is 216 Å². The largest absolute Gasteiger partial charge is 0.395 e. The van der Waals surface area contributed by atoms with E-state index in [9.17, 15) is 30.0 Å². The van der Waals surface area contributed by atoms with Crippen LogP contribution in [0.2, 0.25) is 0 Å². The third-order valence-electron chi connectivity index (χ3n) is 6.19. The van der Waals surface area contributed by atoms with Crippen molar-refractivity contribution in [3.63, 3.8) is 0 Å². The molecule has 0 atom stereocenters. The van der Waals surface area contributed by atoms with Gasteiger partial charge in [0.05, 0.1) is 23.9 Å². The van der Waals surface area contributed by atoms with E-state index >= 15 is 0 Å². The van der Waals surface area contributed by atoms with Gasteiger partial charge < -0.3 is 21.1 Å². The fourth-order valence-corrected chi connectivity index (χ4v) is 5.72. The van der Waals surface area contributed by atoms with Gasteiger partial charge in [-0.05, 0) is 51.1 Å². The highest BCUT2D eigenvalue weighted by Crippen LogP contribution is 2.17. The third kappa shape index (κ3) is 35.1. The van der Waals surface area contributed by atoms with Crippen molar-refractivity contribution >= 4 is 36.0 Å². The van der Waals surface area contributed by atoms with Crippen molar-refractivity contribution in [1.29, 1.82) is 0 Å². The number of aliphatic hydroxyl groups is 1. The second-order valence-electron chi connectivity index (χ2n) is 10.4. The van der Waals surface area contributed by atoms with Gasteiger partial charge in [0, 0.05) is 31.4 Å². The fraction of sp³-hybridized carbons (Fsp3) is 0.885. The van der Waals surface area contributed by atoms with Gasteiger partial charge in [-0.25, -0.2) is 8.42 Å². The smallest absolute Gasteiger partial charge is 0.266 e. The van der Waals surface area contributed by atoms with Crippen molar-refractivity contribution in [2.24, 2.45) is 0 Å².